The predicted molar refractivity (Wildman–Crippen MR) is 141 cm³/mol. The molecule has 0 radical (unpaired) electrons. The van der Waals surface area contributed by atoms with Gasteiger partial charge in [-0.25, -0.2) is 18.6 Å². The zero-order chi connectivity index (χ0) is 26.6. The number of alkyl halides is 2. The lowest BCUT2D eigenvalue weighted by atomic mass is 9.86. The second-order valence-corrected chi connectivity index (χ2v) is 10.4. The molecule has 0 saturated heterocycles. The van der Waals surface area contributed by atoms with Gasteiger partial charge in [0.25, 0.3) is 0 Å². The number of imidazole rings is 1. The Bertz CT molecular complexity index is 1530. The molecule has 4 heterocycles. The molecule has 0 bridgehead atoms. The van der Waals surface area contributed by atoms with Gasteiger partial charge in [-0.15, -0.1) is 0 Å². The fraction of sp³-hybridized carbons (Fsp3) is 0.429. The molecule has 0 atom stereocenters. The van der Waals surface area contributed by atoms with Crippen molar-refractivity contribution in [1.82, 2.24) is 34.5 Å². The number of aromatic nitrogens is 5. The topological polar surface area (TPSA) is 80.9 Å². The molecule has 1 aliphatic heterocycles. The van der Waals surface area contributed by atoms with Crippen molar-refractivity contribution < 1.29 is 13.6 Å². The van der Waals surface area contributed by atoms with Crippen molar-refractivity contribution in [2.24, 2.45) is 7.05 Å². The Morgan fingerprint density at radius 2 is 1.95 bits per heavy atom. The van der Waals surface area contributed by atoms with Gasteiger partial charge in [0.1, 0.15) is 5.82 Å². The number of benzene rings is 1. The number of nitrogens with one attached hydrogen (secondary N) is 1. The smallest absolute Gasteiger partial charge is 0.317 e. The first-order valence-corrected chi connectivity index (χ1v) is 13.1. The fourth-order valence-electron chi connectivity index (χ4n) is 5.93. The first kappa shape index (κ1) is 24.5. The minimum Gasteiger partial charge on any atom is -0.341 e. The SMILES string of the molecule is CNC(=O)N1CCn2c(C3CCC(F)(F)CC3)nc(-c3cccc4cc(-c5cn(C)nc5C)ncc34)c2C1. The summed E-state index contributed by atoms with van der Waals surface area (Å²) in [7, 11) is 3.52. The number of carbonyl (C=O) groups is 1. The molecule has 198 valence electrons. The average molecular weight is 520 g/mol. The van der Waals surface area contributed by atoms with Gasteiger partial charge in [-0.3, -0.25) is 9.67 Å². The van der Waals surface area contributed by atoms with Crippen LogP contribution in [0.3, 0.4) is 0 Å². The normalized spacial score (nSPS) is 17.6. The van der Waals surface area contributed by atoms with E-state index in [0.29, 0.717) is 32.5 Å². The molecule has 2 aliphatic rings. The predicted octanol–water partition coefficient (Wildman–Crippen LogP) is 5.26. The van der Waals surface area contributed by atoms with Crippen LogP contribution in [0.25, 0.3) is 33.3 Å². The Kier molecular flexibility index (Phi) is 5.92. The van der Waals surface area contributed by atoms with Gasteiger partial charge >= 0.3 is 6.03 Å². The van der Waals surface area contributed by atoms with Crippen LogP contribution < -0.4 is 5.32 Å². The van der Waals surface area contributed by atoms with Crippen LogP contribution in [0, 0.1) is 6.92 Å². The van der Waals surface area contributed by atoms with Crippen LogP contribution in [0.1, 0.15) is 48.8 Å². The maximum atomic E-state index is 13.9. The third kappa shape index (κ3) is 4.21. The van der Waals surface area contributed by atoms with Crippen molar-refractivity contribution >= 4 is 16.8 Å². The van der Waals surface area contributed by atoms with Crippen LogP contribution in [-0.2, 0) is 20.1 Å². The highest BCUT2D eigenvalue weighted by atomic mass is 19.3. The molecule has 0 spiro atoms. The number of amides is 2. The van der Waals surface area contributed by atoms with Gasteiger partial charge in [0, 0.05) is 74.9 Å². The van der Waals surface area contributed by atoms with Crippen LogP contribution in [0.2, 0.25) is 0 Å². The molecule has 3 aromatic heterocycles. The van der Waals surface area contributed by atoms with E-state index in [4.69, 9.17) is 9.97 Å². The monoisotopic (exact) mass is 519 g/mol. The van der Waals surface area contributed by atoms with E-state index in [9.17, 15) is 13.6 Å². The quantitative estimate of drug-likeness (QED) is 0.401. The Hall–Kier alpha value is -3.82. The number of urea groups is 1. The zero-order valence-corrected chi connectivity index (χ0v) is 21.8. The Morgan fingerprint density at radius 3 is 2.66 bits per heavy atom. The van der Waals surface area contributed by atoms with E-state index in [-0.39, 0.29) is 24.8 Å². The van der Waals surface area contributed by atoms with Gasteiger partial charge in [-0.05, 0) is 31.2 Å². The second-order valence-electron chi connectivity index (χ2n) is 10.4. The summed E-state index contributed by atoms with van der Waals surface area (Å²) in [6, 6.07) is 8.01. The molecule has 6 rings (SSSR count). The molecule has 1 saturated carbocycles. The highest BCUT2D eigenvalue weighted by Gasteiger charge is 2.38. The third-order valence-corrected chi connectivity index (χ3v) is 7.93. The molecule has 4 aromatic rings. The van der Waals surface area contributed by atoms with Gasteiger partial charge in [0.05, 0.1) is 29.3 Å². The maximum absolute atomic E-state index is 13.9. The first-order valence-electron chi connectivity index (χ1n) is 13.1. The molecular formula is C28H31F2N7O. The number of fused-ring (bicyclic) bond motifs is 2. The molecular weight excluding hydrogens is 488 g/mol. The lowest BCUT2D eigenvalue weighted by molar-refractivity contribution is -0.0390. The van der Waals surface area contributed by atoms with E-state index in [0.717, 1.165) is 50.5 Å². The number of pyridine rings is 1. The van der Waals surface area contributed by atoms with Crippen molar-refractivity contribution in [1.29, 1.82) is 0 Å². The summed E-state index contributed by atoms with van der Waals surface area (Å²) in [5.41, 5.74) is 5.41. The number of aryl methyl sites for hydroxylation is 2. The van der Waals surface area contributed by atoms with E-state index in [1.165, 1.54) is 0 Å². The van der Waals surface area contributed by atoms with E-state index in [2.05, 4.69) is 27.1 Å². The minimum atomic E-state index is -2.60. The van der Waals surface area contributed by atoms with Gasteiger partial charge in [0.2, 0.25) is 5.92 Å². The van der Waals surface area contributed by atoms with E-state index >= 15 is 0 Å². The number of rotatable bonds is 3. The summed E-state index contributed by atoms with van der Waals surface area (Å²) in [6.45, 7) is 3.51. The van der Waals surface area contributed by atoms with Crippen LogP contribution in [0.15, 0.2) is 36.7 Å². The summed E-state index contributed by atoms with van der Waals surface area (Å²) in [4.78, 5) is 24.2. The lowest BCUT2D eigenvalue weighted by Gasteiger charge is -2.32. The van der Waals surface area contributed by atoms with Crippen molar-refractivity contribution in [2.75, 3.05) is 13.6 Å². The Morgan fingerprint density at radius 1 is 1.16 bits per heavy atom. The first-order chi connectivity index (χ1) is 18.2. The van der Waals surface area contributed by atoms with E-state index < -0.39 is 5.92 Å². The molecule has 1 fully saturated rings. The van der Waals surface area contributed by atoms with Crippen molar-refractivity contribution in [3.05, 3.63) is 53.9 Å². The molecule has 2 amide bonds. The van der Waals surface area contributed by atoms with Crippen molar-refractivity contribution in [2.45, 2.75) is 57.5 Å². The highest BCUT2D eigenvalue weighted by molar-refractivity contribution is 5.97. The Labute approximate surface area is 219 Å². The maximum Gasteiger partial charge on any atom is 0.317 e. The molecule has 1 aromatic carbocycles. The van der Waals surface area contributed by atoms with Crippen molar-refractivity contribution in [3.8, 4) is 22.5 Å². The number of hydrogen-bond acceptors (Lipinski definition) is 4. The third-order valence-electron chi connectivity index (χ3n) is 7.93. The Balaban J connectivity index is 1.46. The summed E-state index contributed by atoms with van der Waals surface area (Å²) in [5, 5.41) is 9.14. The molecule has 0 unspecified atom stereocenters. The van der Waals surface area contributed by atoms with Crippen LogP contribution in [0.4, 0.5) is 13.6 Å². The summed E-state index contributed by atoms with van der Waals surface area (Å²) in [6.07, 6.45) is 4.42. The summed E-state index contributed by atoms with van der Waals surface area (Å²) in [5.74, 6) is -1.77. The van der Waals surface area contributed by atoms with E-state index in [1.54, 1.807) is 16.6 Å². The van der Waals surface area contributed by atoms with Crippen molar-refractivity contribution in [3.63, 3.8) is 0 Å². The van der Waals surface area contributed by atoms with E-state index in [1.807, 2.05) is 38.5 Å². The molecule has 38 heavy (non-hydrogen) atoms. The highest BCUT2D eigenvalue weighted by Crippen LogP contribution is 2.43. The zero-order valence-electron chi connectivity index (χ0n) is 21.8. The molecule has 8 nitrogen and oxygen atoms in total. The molecule has 10 heteroatoms. The minimum absolute atomic E-state index is 0.0260. The summed E-state index contributed by atoms with van der Waals surface area (Å²) >= 11 is 0. The fourth-order valence-corrected chi connectivity index (χ4v) is 5.93. The molecule has 1 aliphatic carbocycles. The lowest BCUT2D eigenvalue weighted by Crippen LogP contribution is -2.43. The number of nitrogens with zero attached hydrogens (tertiary/aromatic N) is 6. The van der Waals surface area contributed by atoms with Crippen LogP contribution in [-0.4, -0.2) is 54.8 Å². The van der Waals surface area contributed by atoms with Gasteiger partial charge in [-0.1, -0.05) is 18.2 Å². The number of carbonyl (C=O) groups excluding carboxylic acids is 1. The summed E-state index contributed by atoms with van der Waals surface area (Å²) < 4.78 is 31.8. The van der Waals surface area contributed by atoms with Gasteiger partial charge in [-0.2, -0.15) is 5.10 Å². The van der Waals surface area contributed by atoms with Gasteiger partial charge in [0.15, 0.2) is 0 Å². The largest absolute Gasteiger partial charge is 0.341 e. The second kappa shape index (κ2) is 9.18. The number of halogens is 2. The van der Waals surface area contributed by atoms with Gasteiger partial charge < -0.3 is 14.8 Å². The van der Waals surface area contributed by atoms with Crippen LogP contribution >= 0.6 is 0 Å². The standard InChI is InChI=1S/C28H31F2N7O/c1-17-22(15-35(3)34-17)23-13-19-5-4-6-20(21(19)14-32-23)25-24-16-36(27(38)31-2)11-12-37(24)26(33-25)18-7-9-28(29,30)10-8-18/h4-6,13-15,18H,7-12,16H2,1-3H3,(H,31,38). The molecule has 1 N–H and O–H groups in total. The van der Waals surface area contributed by atoms with Crippen LogP contribution in [0.5, 0.6) is 0 Å². The average Bonchev–Trinajstić information content (AvgIpc) is 3.46. The number of hydrogen-bond donors (Lipinski definition) is 1.